The lowest BCUT2D eigenvalue weighted by Crippen LogP contribution is -2.66. The number of para-hydroxylation sites is 1. The third-order valence-corrected chi connectivity index (χ3v) is 4.74. The Morgan fingerprint density at radius 1 is 1.21 bits per heavy atom. The van der Waals surface area contributed by atoms with E-state index in [0.717, 1.165) is 18.5 Å². The first-order valence-electron chi connectivity index (χ1n) is 8.58. The molecule has 0 saturated carbocycles. The van der Waals surface area contributed by atoms with Crippen LogP contribution in [-0.2, 0) is 14.4 Å². The number of hydrogen-bond donors (Lipinski definition) is 1. The molecule has 0 spiro atoms. The molecule has 0 aliphatic carbocycles. The number of anilines is 1. The molecule has 0 bridgehead atoms. The van der Waals surface area contributed by atoms with Gasteiger partial charge in [0.1, 0.15) is 12.1 Å². The van der Waals surface area contributed by atoms with E-state index in [1.165, 1.54) is 0 Å². The zero-order valence-corrected chi connectivity index (χ0v) is 13.9. The number of carbonyl (C=O) groups excluding carboxylic acids is 3. The maximum atomic E-state index is 12.5. The fraction of sp³-hybridized carbons (Fsp3) is 0.500. The van der Waals surface area contributed by atoms with Crippen LogP contribution in [0.4, 0.5) is 5.69 Å². The number of carbonyl (C=O) groups is 3. The quantitative estimate of drug-likeness (QED) is 0.847. The van der Waals surface area contributed by atoms with Crippen LogP contribution in [-0.4, -0.2) is 47.8 Å². The molecule has 0 aromatic heterocycles. The lowest BCUT2D eigenvalue weighted by molar-refractivity contribution is -0.143. The first-order valence-corrected chi connectivity index (χ1v) is 8.58. The van der Waals surface area contributed by atoms with E-state index in [9.17, 15) is 14.4 Å². The van der Waals surface area contributed by atoms with E-state index in [4.69, 9.17) is 0 Å². The predicted molar refractivity (Wildman–Crippen MR) is 90.4 cm³/mol. The molecule has 0 radical (unpaired) electrons. The zero-order valence-electron chi connectivity index (χ0n) is 13.9. The van der Waals surface area contributed by atoms with E-state index in [2.05, 4.69) is 5.32 Å². The summed E-state index contributed by atoms with van der Waals surface area (Å²) < 4.78 is 0. The molecule has 3 rings (SSSR count). The average molecular weight is 329 g/mol. The van der Waals surface area contributed by atoms with Crippen LogP contribution in [0.1, 0.15) is 32.6 Å². The van der Waals surface area contributed by atoms with Gasteiger partial charge in [-0.3, -0.25) is 14.4 Å². The number of nitrogens with zero attached hydrogens (tertiary/aromatic N) is 2. The normalized spacial score (nSPS) is 23.6. The van der Waals surface area contributed by atoms with Crippen LogP contribution < -0.4 is 10.2 Å². The summed E-state index contributed by atoms with van der Waals surface area (Å²) in [6.07, 6.45) is 2.93. The second-order valence-corrected chi connectivity index (χ2v) is 6.30. The van der Waals surface area contributed by atoms with Crippen LogP contribution in [0.25, 0.3) is 0 Å². The first-order chi connectivity index (χ1) is 11.6. The molecule has 2 aliphatic heterocycles. The second kappa shape index (κ2) is 7.03. The van der Waals surface area contributed by atoms with Crippen LogP contribution in [0, 0.1) is 0 Å². The molecule has 1 aromatic rings. The van der Waals surface area contributed by atoms with E-state index >= 15 is 0 Å². The van der Waals surface area contributed by atoms with Gasteiger partial charge in [0.05, 0.1) is 6.54 Å². The summed E-state index contributed by atoms with van der Waals surface area (Å²) in [5.74, 6) is -0.304. The molecule has 1 N–H and O–H groups in total. The van der Waals surface area contributed by atoms with Crippen LogP contribution >= 0.6 is 0 Å². The third-order valence-electron chi connectivity index (χ3n) is 4.74. The van der Waals surface area contributed by atoms with Crippen molar-refractivity contribution in [1.29, 1.82) is 0 Å². The minimum Gasteiger partial charge on any atom is -0.341 e. The Bertz CT molecular complexity index is 632. The fourth-order valence-corrected chi connectivity index (χ4v) is 3.35. The molecule has 6 nitrogen and oxygen atoms in total. The van der Waals surface area contributed by atoms with Crippen LogP contribution in [0.15, 0.2) is 30.3 Å². The number of piperidine rings is 1. The van der Waals surface area contributed by atoms with Gasteiger partial charge < -0.3 is 15.1 Å². The largest absolute Gasteiger partial charge is 0.341 e. The molecule has 2 fully saturated rings. The Labute approximate surface area is 141 Å². The topological polar surface area (TPSA) is 69.7 Å². The monoisotopic (exact) mass is 329 g/mol. The second-order valence-electron chi connectivity index (χ2n) is 6.30. The molecule has 2 atom stereocenters. The Kier molecular flexibility index (Phi) is 4.83. The van der Waals surface area contributed by atoms with Gasteiger partial charge >= 0.3 is 0 Å². The van der Waals surface area contributed by atoms with Gasteiger partial charge in [0.2, 0.25) is 11.8 Å². The Hall–Kier alpha value is -2.37. The van der Waals surface area contributed by atoms with Crippen molar-refractivity contribution in [3.05, 3.63) is 30.3 Å². The maximum Gasteiger partial charge on any atom is 0.251 e. The summed E-state index contributed by atoms with van der Waals surface area (Å²) in [4.78, 5) is 40.2. The Morgan fingerprint density at radius 2 is 1.96 bits per heavy atom. The number of benzene rings is 1. The lowest BCUT2D eigenvalue weighted by atomic mass is 9.99. The van der Waals surface area contributed by atoms with Crippen LogP contribution in [0.3, 0.4) is 0 Å². The summed E-state index contributed by atoms with van der Waals surface area (Å²) in [6, 6.07) is 8.48. The van der Waals surface area contributed by atoms with Gasteiger partial charge in [-0.05, 0) is 31.4 Å². The number of hydrogen-bond acceptors (Lipinski definition) is 3. The highest BCUT2D eigenvalue weighted by Crippen LogP contribution is 2.23. The van der Waals surface area contributed by atoms with Gasteiger partial charge in [0.25, 0.3) is 5.91 Å². The molecule has 6 heteroatoms. The van der Waals surface area contributed by atoms with E-state index in [1.807, 2.05) is 30.3 Å². The molecule has 128 valence electrons. The smallest absolute Gasteiger partial charge is 0.251 e. The van der Waals surface area contributed by atoms with E-state index in [-0.39, 0.29) is 17.7 Å². The maximum absolute atomic E-state index is 12.5. The van der Waals surface area contributed by atoms with Gasteiger partial charge in [-0.2, -0.15) is 0 Å². The molecule has 24 heavy (non-hydrogen) atoms. The summed E-state index contributed by atoms with van der Waals surface area (Å²) in [6.45, 7) is 2.90. The van der Waals surface area contributed by atoms with Crippen molar-refractivity contribution in [3.63, 3.8) is 0 Å². The minimum atomic E-state index is -0.488. The molecule has 2 aliphatic rings. The zero-order chi connectivity index (χ0) is 17.1. The number of nitrogens with one attached hydrogen (secondary N) is 1. The van der Waals surface area contributed by atoms with Gasteiger partial charge in [0.15, 0.2) is 0 Å². The van der Waals surface area contributed by atoms with Crippen LogP contribution in [0.5, 0.6) is 0 Å². The highest BCUT2D eigenvalue weighted by molar-refractivity contribution is 6.06. The molecular weight excluding hydrogens is 306 g/mol. The van der Waals surface area contributed by atoms with E-state index in [1.54, 1.807) is 16.7 Å². The minimum absolute atomic E-state index is 0.000646. The standard InChI is InChI=1S/C18H23N3O3/c1-2-16(22)20-11-7-6-10-15(20)17(23)19-14-12-21(18(14)24)13-8-4-3-5-9-13/h3-5,8-9,14-15H,2,6-7,10-12H2,1H3,(H,19,23). The first kappa shape index (κ1) is 16.5. The number of β-lactam (4-membered cyclic amide) rings is 1. The van der Waals surface area contributed by atoms with Crippen molar-refractivity contribution in [2.75, 3.05) is 18.0 Å². The highest BCUT2D eigenvalue weighted by atomic mass is 16.2. The molecule has 3 amide bonds. The number of amides is 3. The summed E-state index contributed by atoms with van der Waals surface area (Å²) >= 11 is 0. The molecule has 2 saturated heterocycles. The lowest BCUT2D eigenvalue weighted by Gasteiger charge is -2.41. The summed E-state index contributed by atoms with van der Waals surface area (Å²) in [5, 5.41) is 2.82. The van der Waals surface area contributed by atoms with Crippen molar-refractivity contribution in [3.8, 4) is 0 Å². The molecule has 2 heterocycles. The van der Waals surface area contributed by atoms with Crippen LogP contribution in [0.2, 0.25) is 0 Å². The van der Waals surface area contributed by atoms with E-state index < -0.39 is 12.1 Å². The van der Waals surface area contributed by atoms with Gasteiger partial charge in [-0.25, -0.2) is 0 Å². The van der Waals surface area contributed by atoms with E-state index in [0.29, 0.717) is 25.9 Å². The SMILES string of the molecule is CCC(=O)N1CCCCC1C(=O)NC1CN(c2ccccc2)C1=O. The molecular formula is C18H23N3O3. The summed E-state index contributed by atoms with van der Waals surface area (Å²) in [5.41, 5.74) is 0.841. The van der Waals surface area contributed by atoms with Gasteiger partial charge in [-0.15, -0.1) is 0 Å². The van der Waals surface area contributed by atoms with Crippen molar-refractivity contribution in [2.24, 2.45) is 0 Å². The van der Waals surface area contributed by atoms with Crippen molar-refractivity contribution < 1.29 is 14.4 Å². The van der Waals surface area contributed by atoms with Crippen molar-refractivity contribution in [1.82, 2.24) is 10.2 Å². The van der Waals surface area contributed by atoms with Gasteiger partial charge in [0, 0.05) is 18.7 Å². The van der Waals surface area contributed by atoms with Crippen molar-refractivity contribution in [2.45, 2.75) is 44.7 Å². The predicted octanol–water partition coefficient (Wildman–Crippen LogP) is 1.31. The Morgan fingerprint density at radius 3 is 2.62 bits per heavy atom. The molecule has 2 unspecified atom stereocenters. The van der Waals surface area contributed by atoms with Crippen molar-refractivity contribution >= 4 is 23.4 Å². The van der Waals surface area contributed by atoms with Gasteiger partial charge in [-0.1, -0.05) is 25.1 Å². The average Bonchev–Trinajstić information content (AvgIpc) is 2.64. The number of likely N-dealkylation sites (tertiary alicyclic amines) is 1. The third kappa shape index (κ3) is 3.13. The number of rotatable bonds is 4. The fourth-order valence-electron chi connectivity index (χ4n) is 3.35. The summed E-state index contributed by atoms with van der Waals surface area (Å²) in [7, 11) is 0. The Balaban J connectivity index is 1.59. The highest BCUT2D eigenvalue weighted by Gasteiger charge is 2.41. The molecule has 1 aromatic carbocycles.